The lowest BCUT2D eigenvalue weighted by Gasteiger charge is -2.16. The lowest BCUT2D eigenvalue weighted by atomic mass is 10.2. The van der Waals surface area contributed by atoms with E-state index in [9.17, 15) is 0 Å². The van der Waals surface area contributed by atoms with Crippen LogP contribution in [-0.2, 0) is 13.2 Å². The molecule has 7 heteroatoms. The third-order valence-corrected chi connectivity index (χ3v) is 5.18. The van der Waals surface area contributed by atoms with Crippen molar-refractivity contribution in [3.63, 3.8) is 0 Å². The molecule has 0 aliphatic heterocycles. The average molecular weight is 471 g/mol. The van der Waals surface area contributed by atoms with Gasteiger partial charge in [-0.15, -0.1) is 0 Å². The van der Waals surface area contributed by atoms with E-state index in [1.54, 1.807) is 12.1 Å². The second kappa shape index (κ2) is 10.3. The Morgan fingerprint density at radius 2 is 1.62 bits per heavy atom. The molecule has 0 bridgehead atoms. The number of ether oxygens (including phenoxy) is 2. The molecular weight excluding hydrogens is 452 g/mol. The van der Waals surface area contributed by atoms with E-state index in [0.717, 1.165) is 16.8 Å². The Bertz CT molecular complexity index is 995. The zero-order valence-corrected chi connectivity index (χ0v) is 18.7. The third kappa shape index (κ3) is 6.10. The normalized spacial score (nSPS) is 10.7. The van der Waals surface area contributed by atoms with Crippen molar-refractivity contribution in [3.05, 3.63) is 85.8 Å². The van der Waals surface area contributed by atoms with Gasteiger partial charge in [0, 0.05) is 32.9 Å². The maximum atomic E-state index is 6.50. The number of rotatable bonds is 8. The van der Waals surface area contributed by atoms with Gasteiger partial charge >= 0.3 is 0 Å². The van der Waals surface area contributed by atoms with Gasteiger partial charge in [-0.2, -0.15) is 0 Å². The van der Waals surface area contributed by atoms with Crippen LogP contribution >= 0.6 is 46.4 Å². The molecule has 0 aliphatic rings. The Kier molecular flexibility index (Phi) is 7.79. The Hall–Kier alpha value is -1.78. The van der Waals surface area contributed by atoms with E-state index < -0.39 is 0 Å². The highest BCUT2D eigenvalue weighted by Crippen LogP contribution is 2.38. The first kappa shape index (κ1) is 21.9. The first-order valence-corrected chi connectivity index (χ1v) is 10.5. The lowest BCUT2D eigenvalue weighted by Crippen LogP contribution is -2.04. The predicted molar refractivity (Wildman–Crippen MR) is 122 cm³/mol. The maximum absolute atomic E-state index is 6.50. The van der Waals surface area contributed by atoms with Gasteiger partial charge in [0.05, 0.1) is 11.6 Å². The molecule has 3 nitrogen and oxygen atoms in total. The highest BCUT2D eigenvalue weighted by Gasteiger charge is 2.14. The molecule has 3 rings (SSSR count). The number of hydrogen-bond donors (Lipinski definition) is 1. The first-order chi connectivity index (χ1) is 14.0. The topological polar surface area (TPSA) is 30.5 Å². The van der Waals surface area contributed by atoms with Crippen LogP contribution in [0.3, 0.4) is 0 Å². The fraction of sp³-hybridized carbons (Fsp3) is 0.182. The van der Waals surface area contributed by atoms with Gasteiger partial charge in [0.15, 0.2) is 11.5 Å². The Morgan fingerprint density at radius 1 is 0.828 bits per heavy atom. The van der Waals surface area contributed by atoms with Gasteiger partial charge in [-0.3, -0.25) is 0 Å². The van der Waals surface area contributed by atoms with Crippen LogP contribution in [0.1, 0.15) is 18.1 Å². The van der Waals surface area contributed by atoms with Crippen molar-refractivity contribution in [1.82, 2.24) is 0 Å². The first-order valence-electron chi connectivity index (χ1n) is 8.97. The molecule has 0 saturated carbocycles. The minimum Gasteiger partial charge on any atom is -0.490 e. The summed E-state index contributed by atoms with van der Waals surface area (Å²) in [7, 11) is 0. The molecule has 0 atom stereocenters. The van der Waals surface area contributed by atoms with Crippen LogP contribution < -0.4 is 14.8 Å². The van der Waals surface area contributed by atoms with Gasteiger partial charge in [0.1, 0.15) is 6.61 Å². The van der Waals surface area contributed by atoms with Crippen molar-refractivity contribution in [1.29, 1.82) is 0 Å². The molecule has 0 saturated heterocycles. The van der Waals surface area contributed by atoms with E-state index in [-0.39, 0.29) is 6.61 Å². The zero-order valence-electron chi connectivity index (χ0n) is 15.6. The van der Waals surface area contributed by atoms with Gasteiger partial charge in [0.2, 0.25) is 0 Å². The summed E-state index contributed by atoms with van der Waals surface area (Å²) >= 11 is 24.7. The molecule has 0 fully saturated rings. The number of halogens is 4. The van der Waals surface area contributed by atoms with Crippen molar-refractivity contribution >= 4 is 52.1 Å². The fourth-order valence-electron chi connectivity index (χ4n) is 2.72. The number of hydrogen-bond acceptors (Lipinski definition) is 3. The maximum Gasteiger partial charge on any atom is 0.180 e. The van der Waals surface area contributed by atoms with Crippen LogP contribution in [0, 0.1) is 0 Å². The van der Waals surface area contributed by atoms with Gasteiger partial charge in [-0.05, 0) is 55.0 Å². The zero-order chi connectivity index (χ0) is 20.8. The summed E-state index contributed by atoms with van der Waals surface area (Å²) in [6, 6.07) is 16.6. The highest BCUT2D eigenvalue weighted by atomic mass is 35.5. The molecule has 0 aromatic heterocycles. The van der Waals surface area contributed by atoms with Crippen molar-refractivity contribution in [2.24, 2.45) is 0 Å². The molecule has 152 valence electrons. The van der Waals surface area contributed by atoms with Crippen molar-refractivity contribution in [2.45, 2.75) is 20.1 Å². The van der Waals surface area contributed by atoms with Crippen molar-refractivity contribution < 1.29 is 9.47 Å². The van der Waals surface area contributed by atoms with E-state index in [1.165, 1.54) is 0 Å². The van der Waals surface area contributed by atoms with Crippen LogP contribution in [0.2, 0.25) is 20.1 Å². The summed E-state index contributed by atoms with van der Waals surface area (Å²) in [4.78, 5) is 0. The van der Waals surface area contributed by atoms with Gasteiger partial charge in [-0.25, -0.2) is 0 Å². The smallest absolute Gasteiger partial charge is 0.180 e. The molecule has 0 spiro atoms. The number of benzene rings is 3. The predicted octanol–water partition coefficient (Wildman–Crippen LogP) is 7.89. The molecule has 0 unspecified atom stereocenters. The summed E-state index contributed by atoms with van der Waals surface area (Å²) in [5, 5.41) is 5.56. The largest absolute Gasteiger partial charge is 0.490 e. The minimum absolute atomic E-state index is 0.246. The van der Waals surface area contributed by atoms with E-state index >= 15 is 0 Å². The van der Waals surface area contributed by atoms with E-state index in [0.29, 0.717) is 44.7 Å². The van der Waals surface area contributed by atoms with Gasteiger partial charge in [0.25, 0.3) is 0 Å². The summed E-state index contributed by atoms with van der Waals surface area (Å²) in [5.74, 6) is 1.05. The Balaban J connectivity index is 1.76. The fourth-order valence-corrected chi connectivity index (χ4v) is 3.66. The molecule has 3 aromatic rings. The van der Waals surface area contributed by atoms with Crippen LogP contribution in [0.15, 0.2) is 54.6 Å². The van der Waals surface area contributed by atoms with Gasteiger partial charge < -0.3 is 14.8 Å². The molecule has 0 aliphatic carbocycles. The van der Waals surface area contributed by atoms with Crippen LogP contribution in [0.5, 0.6) is 11.5 Å². The van der Waals surface area contributed by atoms with Crippen LogP contribution in [0.4, 0.5) is 5.69 Å². The molecule has 1 N–H and O–H groups in total. The molecule has 0 heterocycles. The second-order valence-corrected chi connectivity index (χ2v) is 7.91. The Morgan fingerprint density at radius 3 is 2.34 bits per heavy atom. The Labute approximate surface area is 190 Å². The number of nitrogens with one attached hydrogen (secondary N) is 1. The summed E-state index contributed by atoms with van der Waals surface area (Å²) < 4.78 is 11.7. The van der Waals surface area contributed by atoms with E-state index in [1.807, 2.05) is 49.4 Å². The number of anilines is 1. The molecular formula is C22H19Cl4NO2. The molecule has 29 heavy (non-hydrogen) atoms. The summed E-state index contributed by atoms with van der Waals surface area (Å²) in [5.41, 5.74) is 2.68. The highest BCUT2D eigenvalue weighted by molar-refractivity contribution is 6.35. The van der Waals surface area contributed by atoms with Crippen molar-refractivity contribution in [3.8, 4) is 11.5 Å². The van der Waals surface area contributed by atoms with E-state index in [2.05, 4.69) is 5.32 Å². The quantitative estimate of drug-likeness (QED) is 0.363. The van der Waals surface area contributed by atoms with Crippen molar-refractivity contribution in [2.75, 3.05) is 11.9 Å². The van der Waals surface area contributed by atoms with Crippen LogP contribution in [0.25, 0.3) is 0 Å². The molecule has 0 amide bonds. The lowest BCUT2D eigenvalue weighted by molar-refractivity contribution is 0.269. The average Bonchev–Trinajstić information content (AvgIpc) is 2.67. The standard InChI is InChI=1S/C22H19Cl4NO2/c1-2-28-21-9-14(12-27-18-5-3-4-16(23)10-18)8-20(26)22(21)29-13-15-6-7-17(24)11-19(15)25/h3-11,27H,2,12-13H2,1H3. The van der Waals surface area contributed by atoms with E-state index in [4.69, 9.17) is 55.9 Å². The second-order valence-electron chi connectivity index (χ2n) is 6.23. The summed E-state index contributed by atoms with van der Waals surface area (Å²) in [6.45, 7) is 3.20. The summed E-state index contributed by atoms with van der Waals surface area (Å²) in [6.07, 6.45) is 0. The third-order valence-electron chi connectivity index (χ3n) is 4.08. The van der Waals surface area contributed by atoms with Gasteiger partial charge in [-0.1, -0.05) is 58.5 Å². The van der Waals surface area contributed by atoms with Crippen LogP contribution in [-0.4, -0.2) is 6.61 Å². The monoisotopic (exact) mass is 469 g/mol. The SMILES string of the molecule is CCOc1cc(CNc2cccc(Cl)c2)cc(Cl)c1OCc1ccc(Cl)cc1Cl. The molecule has 3 aromatic carbocycles. The minimum atomic E-state index is 0.246. The molecule has 0 radical (unpaired) electrons.